The smallest absolute Gasteiger partial charge is 0.256 e. The average molecular weight is 359 g/mol. The van der Waals surface area contributed by atoms with Crippen LogP contribution in [-0.2, 0) is 10.0 Å². The molecule has 1 fully saturated rings. The fourth-order valence-electron chi connectivity index (χ4n) is 2.95. The third-order valence-corrected chi connectivity index (χ3v) is 6.20. The highest BCUT2D eigenvalue weighted by Gasteiger charge is 2.29. The standard InChI is InChI=1S/C18H21N3O3S/c1-12-4-6-14(19)10-16(12)18(22)20-15-7-5-13(2)17(11-15)21-8-3-9-25(21,23)24/h4-7,10-11H,3,8-9,19H2,1-2H3,(H,20,22). The minimum Gasteiger partial charge on any atom is -0.399 e. The molecule has 1 amide bonds. The summed E-state index contributed by atoms with van der Waals surface area (Å²) >= 11 is 0. The van der Waals surface area contributed by atoms with Crippen LogP contribution in [-0.4, -0.2) is 26.6 Å². The van der Waals surface area contributed by atoms with Gasteiger partial charge in [-0.15, -0.1) is 0 Å². The zero-order valence-electron chi connectivity index (χ0n) is 14.2. The molecular weight excluding hydrogens is 338 g/mol. The van der Waals surface area contributed by atoms with Crippen LogP contribution >= 0.6 is 0 Å². The van der Waals surface area contributed by atoms with Crippen molar-refractivity contribution in [2.75, 3.05) is 27.7 Å². The summed E-state index contributed by atoms with van der Waals surface area (Å²) in [6, 6.07) is 10.4. The molecule has 2 aromatic rings. The molecule has 3 rings (SSSR count). The highest BCUT2D eigenvalue weighted by Crippen LogP contribution is 2.30. The third-order valence-electron chi connectivity index (χ3n) is 4.34. The van der Waals surface area contributed by atoms with Crippen LogP contribution in [0.5, 0.6) is 0 Å². The van der Waals surface area contributed by atoms with Gasteiger partial charge in [-0.3, -0.25) is 9.10 Å². The molecule has 0 unspecified atom stereocenters. The van der Waals surface area contributed by atoms with E-state index in [0.29, 0.717) is 35.6 Å². The number of aryl methyl sites for hydroxylation is 2. The Morgan fingerprint density at radius 1 is 1.12 bits per heavy atom. The molecule has 0 saturated carbocycles. The molecule has 1 aliphatic rings. The molecule has 0 aromatic heterocycles. The van der Waals surface area contributed by atoms with Crippen molar-refractivity contribution in [3.8, 4) is 0 Å². The number of nitrogens with one attached hydrogen (secondary N) is 1. The number of anilines is 3. The number of rotatable bonds is 3. The Morgan fingerprint density at radius 2 is 1.84 bits per heavy atom. The van der Waals surface area contributed by atoms with Crippen molar-refractivity contribution in [2.45, 2.75) is 20.3 Å². The fraction of sp³-hybridized carbons (Fsp3) is 0.278. The van der Waals surface area contributed by atoms with Crippen molar-refractivity contribution in [1.29, 1.82) is 0 Å². The second-order valence-electron chi connectivity index (χ2n) is 6.27. The van der Waals surface area contributed by atoms with Gasteiger partial charge in [0, 0.05) is 23.5 Å². The van der Waals surface area contributed by atoms with Gasteiger partial charge in [-0.05, 0) is 55.7 Å². The van der Waals surface area contributed by atoms with E-state index in [0.717, 1.165) is 11.1 Å². The molecule has 0 bridgehead atoms. The number of carbonyl (C=O) groups is 1. The maximum atomic E-state index is 12.5. The molecule has 1 aliphatic heterocycles. The molecule has 6 nitrogen and oxygen atoms in total. The monoisotopic (exact) mass is 359 g/mol. The van der Waals surface area contributed by atoms with Gasteiger partial charge in [-0.1, -0.05) is 12.1 Å². The van der Waals surface area contributed by atoms with E-state index < -0.39 is 10.0 Å². The molecule has 3 N–H and O–H groups in total. The lowest BCUT2D eigenvalue weighted by atomic mass is 10.1. The molecule has 0 radical (unpaired) electrons. The number of nitrogen functional groups attached to an aromatic ring is 1. The van der Waals surface area contributed by atoms with E-state index in [1.54, 1.807) is 30.3 Å². The molecule has 132 valence electrons. The van der Waals surface area contributed by atoms with E-state index in [4.69, 9.17) is 5.73 Å². The summed E-state index contributed by atoms with van der Waals surface area (Å²) in [7, 11) is -3.27. The van der Waals surface area contributed by atoms with Crippen molar-refractivity contribution in [2.24, 2.45) is 0 Å². The van der Waals surface area contributed by atoms with Crippen LogP contribution in [0.25, 0.3) is 0 Å². The largest absolute Gasteiger partial charge is 0.399 e. The van der Waals surface area contributed by atoms with Gasteiger partial charge in [-0.25, -0.2) is 8.42 Å². The van der Waals surface area contributed by atoms with Gasteiger partial charge >= 0.3 is 0 Å². The summed E-state index contributed by atoms with van der Waals surface area (Å²) in [6.07, 6.45) is 0.612. The summed E-state index contributed by atoms with van der Waals surface area (Å²) in [5, 5.41) is 2.83. The summed E-state index contributed by atoms with van der Waals surface area (Å²) < 4.78 is 25.8. The average Bonchev–Trinajstić information content (AvgIpc) is 2.90. The lowest BCUT2D eigenvalue weighted by Crippen LogP contribution is -2.26. The second-order valence-corrected chi connectivity index (χ2v) is 8.28. The number of hydrogen-bond donors (Lipinski definition) is 2. The highest BCUT2D eigenvalue weighted by molar-refractivity contribution is 7.93. The molecule has 0 atom stereocenters. The molecule has 1 saturated heterocycles. The van der Waals surface area contributed by atoms with Gasteiger partial charge in [0.2, 0.25) is 10.0 Å². The number of carbonyl (C=O) groups excluding carboxylic acids is 1. The number of nitrogens with two attached hydrogens (primary N) is 1. The lowest BCUT2D eigenvalue weighted by Gasteiger charge is -2.20. The summed E-state index contributed by atoms with van der Waals surface area (Å²) in [5.74, 6) is -0.116. The van der Waals surface area contributed by atoms with Gasteiger partial charge in [0.05, 0.1) is 11.4 Å². The first-order chi connectivity index (χ1) is 11.8. The Kier molecular flexibility index (Phi) is 4.43. The first-order valence-corrected chi connectivity index (χ1v) is 9.67. The number of hydrogen-bond acceptors (Lipinski definition) is 4. The molecule has 7 heteroatoms. The quantitative estimate of drug-likeness (QED) is 0.824. The van der Waals surface area contributed by atoms with Gasteiger partial charge in [0.1, 0.15) is 0 Å². The second kappa shape index (κ2) is 6.40. The van der Waals surface area contributed by atoms with E-state index in [-0.39, 0.29) is 11.7 Å². The van der Waals surface area contributed by atoms with E-state index in [1.165, 1.54) is 4.31 Å². The molecule has 25 heavy (non-hydrogen) atoms. The van der Waals surface area contributed by atoms with Crippen molar-refractivity contribution < 1.29 is 13.2 Å². The maximum Gasteiger partial charge on any atom is 0.256 e. The van der Waals surface area contributed by atoms with Crippen LogP contribution in [0.1, 0.15) is 27.9 Å². The van der Waals surface area contributed by atoms with Crippen LogP contribution in [0.15, 0.2) is 36.4 Å². The van der Waals surface area contributed by atoms with Gasteiger partial charge in [-0.2, -0.15) is 0 Å². The van der Waals surface area contributed by atoms with E-state index >= 15 is 0 Å². The van der Waals surface area contributed by atoms with E-state index in [1.807, 2.05) is 19.9 Å². The Balaban J connectivity index is 1.90. The van der Waals surface area contributed by atoms with Crippen molar-refractivity contribution in [1.82, 2.24) is 0 Å². The van der Waals surface area contributed by atoms with Crippen LogP contribution in [0.3, 0.4) is 0 Å². The van der Waals surface area contributed by atoms with Crippen LogP contribution in [0.4, 0.5) is 17.1 Å². The van der Waals surface area contributed by atoms with Crippen LogP contribution < -0.4 is 15.4 Å². The van der Waals surface area contributed by atoms with E-state index in [9.17, 15) is 13.2 Å². The lowest BCUT2D eigenvalue weighted by molar-refractivity contribution is 0.102. The molecule has 2 aromatic carbocycles. The Labute approximate surface area is 147 Å². The Hall–Kier alpha value is -2.54. The predicted molar refractivity (Wildman–Crippen MR) is 100 cm³/mol. The van der Waals surface area contributed by atoms with Gasteiger partial charge < -0.3 is 11.1 Å². The zero-order chi connectivity index (χ0) is 18.2. The number of nitrogens with zero attached hydrogens (tertiary/aromatic N) is 1. The first kappa shape index (κ1) is 17.3. The van der Waals surface area contributed by atoms with E-state index in [2.05, 4.69) is 5.32 Å². The molecular formula is C18H21N3O3S. The SMILES string of the molecule is Cc1ccc(N)cc1C(=O)Nc1ccc(C)c(N2CCCS2(=O)=O)c1. The maximum absolute atomic E-state index is 12.5. The highest BCUT2D eigenvalue weighted by atomic mass is 32.2. The molecule has 1 heterocycles. The van der Waals surface area contributed by atoms with Crippen molar-refractivity contribution >= 4 is 33.0 Å². The minimum absolute atomic E-state index is 0.158. The van der Waals surface area contributed by atoms with Gasteiger partial charge in [0.25, 0.3) is 5.91 Å². The zero-order valence-corrected chi connectivity index (χ0v) is 15.1. The van der Waals surface area contributed by atoms with Gasteiger partial charge in [0.15, 0.2) is 0 Å². The van der Waals surface area contributed by atoms with Crippen molar-refractivity contribution in [3.63, 3.8) is 0 Å². The normalized spacial score (nSPS) is 16.0. The summed E-state index contributed by atoms with van der Waals surface area (Å²) in [4.78, 5) is 12.5. The first-order valence-electron chi connectivity index (χ1n) is 8.06. The fourth-order valence-corrected chi connectivity index (χ4v) is 4.57. The molecule has 0 spiro atoms. The molecule has 0 aliphatic carbocycles. The minimum atomic E-state index is -3.27. The van der Waals surface area contributed by atoms with Crippen molar-refractivity contribution in [3.05, 3.63) is 53.1 Å². The van der Waals surface area contributed by atoms with Crippen LogP contribution in [0.2, 0.25) is 0 Å². The predicted octanol–water partition coefficient (Wildman–Crippen LogP) is 2.68. The number of benzene rings is 2. The Bertz CT molecular complexity index is 939. The summed E-state index contributed by atoms with van der Waals surface area (Å²) in [6.45, 7) is 4.16. The van der Waals surface area contributed by atoms with Crippen LogP contribution in [0, 0.1) is 13.8 Å². The third kappa shape index (κ3) is 3.46. The Morgan fingerprint density at radius 3 is 2.52 bits per heavy atom. The topological polar surface area (TPSA) is 92.5 Å². The number of sulfonamides is 1. The summed E-state index contributed by atoms with van der Waals surface area (Å²) in [5.41, 5.74) is 9.61. The number of amides is 1.